The molecule has 2 N–H and O–H groups in total. The zero-order valence-corrected chi connectivity index (χ0v) is 15.8. The van der Waals surface area contributed by atoms with Crippen molar-refractivity contribution in [2.45, 2.75) is 38.9 Å². The summed E-state index contributed by atoms with van der Waals surface area (Å²) >= 11 is 0. The number of nitrogens with zero attached hydrogens (tertiary/aromatic N) is 5. The Hall–Kier alpha value is -2.85. The molecule has 11 heteroatoms. The van der Waals surface area contributed by atoms with Gasteiger partial charge in [-0.05, 0) is 26.7 Å². The van der Waals surface area contributed by atoms with Crippen LogP contribution in [-0.2, 0) is 11.0 Å². The molecule has 0 bridgehead atoms. The Morgan fingerprint density at radius 3 is 2.57 bits per heavy atom. The van der Waals surface area contributed by atoms with Crippen LogP contribution in [0, 0.1) is 6.92 Å². The number of hydrogen-bond acceptors (Lipinski definition) is 6. The Morgan fingerprint density at radius 2 is 1.96 bits per heavy atom. The van der Waals surface area contributed by atoms with Crippen molar-refractivity contribution in [3.63, 3.8) is 0 Å². The van der Waals surface area contributed by atoms with Crippen LogP contribution in [-0.4, -0.2) is 50.7 Å². The zero-order valence-electron chi connectivity index (χ0n) is 15.8. The van der Waals surface area contributed by atoms with E-state index in [1.54, 1.807) is 24.7 Å². The highest BCUT2D eigenvalue weighted by atomic mass is 19.4. The van der Waals surface area contributed by atoms with Gasteiger partial charge in [-0.25, -0.2) is 4.98 Å². The van der Waals surface area contributed by atoms with E-state index < -0.39 is 17.8 Å². The number of likely N-dealkylation sites (tertiary alicyclic amines) is 1. The largest absolute Gasteiger partial charge is 0.421 e. The number of anilines is 3. The lowest BCUT2D eigenvalue weighted by Crippen LogP contribution is -2.34. The lowest BCUT2D eigenvalue weighted by molar-refractivity contribution is -0.137. The van der Waals surface area contributed by atoms with Crippen LogP contribution >= 0.6 is 0 Å². The van der Waals surface area contributed by atoms with E-state index in [9.17, 15) is 18.0 Å². The molecule has 1 aliphatic heterocycles. The molecule has 2 aromatic heterocycles. The topological polar surface area (TPSA) is 88.0 Å². The first-order valence-corrected chi connectivity index (χ1v) is 8.94. The van der Waals surface area contributed by atoms with Crippen LogP contribution in [0.3, 0.4) is 0 Å². The summed E-state index contributed by atoms with van der Waals surface area (Å²) in [6.07, 6.45) is -0.192. The highest BCUT2D eigenvalue weighted by molar-refractivity contribution is 5.80. The van der Waals surface area contributed by atoms with Crippen LogP contribution in [0.2, 0.25) is 0 Å². The summed E-state index contributed by atoms with van der Waals surface area (Å²) in [4.78, 5) is 22.0. The third-order valence-corrected chi connectivity index (χ3v) is 4.67. The normalized spacial score (nSPS) is 15.6. The number of rotatable bonds is 5. The lowest BCUT2D eigenvalue weighted by Gasteiger charge is -2.20. The van der Waals surface area contributed by atoms with E-state index in [0.29, 0.717) is 11.4 Å². The number of alkyl halides is 3. The Kier molecular flexibility index (Phi) is 5.43. The first kappa shape index (κ1) is 19.9. The van der Waals surface area contributed by atoms with Crippen molar-refractivity contribution in [1.29, 1.82) is 0 Å². The van der Waals surface area contributed by atoms with Gasteiger partial charge in [0.05, 0.1) is 11.4 Å². The maximum Gasteiger partial charge on any atom is 0.421 e. The third kappa shape index (κ3) is 4.02. The molecule has 2 aromatic rings. The summed E-state index contributed by atoms with van der Waals surface area (Å²) in [5, 5.41) is 9.66. The van der Waals surface area contributed by atoms with Crippen LogP contribution < -0.4 is 10.6 Å². The maximum atomic E-state index is 13.0. The van der Waals surface area contributed by atoms with Gasteiger partial charge >= 0.3 is 6.18 Å². The van der Waals surface area contributed by atoms with Gasteiger partial charge in [0.1, 0.15) is 17.4 Å². The minimum atomic E-state index is -4.55. The number of amides is 1. The van der Waals surface area contributed by atoms with Crippen molar-refractivity contribution in [3.8, 4) is 0 Å². The molecule has 28 heavy (non-hydrogen) atoms. The number of aryl methyl sites for hydroxylation is 1. The van der Waals surface area contributed by atoms with E-state index in [1.165, 1.54) is 7.05 Å². The van der Waals surface area contributed by atoms with Crippen molar-refractivity contribution in [1.82, 2.24) is 24.6 Å². The number of hydrogen-bond donors (Lipinski definition) is 2. The molecule has 0 spiro atoms. The van der Waals surface area contributed by atoms with Gasteiger partial charge in [0.2, 0.25) is 11.9 Å². The van der Waals surface area contributed by atoms with Gasteiger partial charge in [-0.15, -0.1) is 0 Å². The maximum absolute atomic E-state index is 13.0. The molecule has 1 atom stereocenters. The molecule has 1 aliphatic rings. The van der Waals surface area contributed by atoms with Crippen LogP contribution in [0.1, 0.15) is 37.1 Å². The second kappa shape index (κ2) is 7.64. The number of carbonyl (C=O) groups is 1. The fraction of sp³-hybridized carbons (Fsp3) is 0.529. The summed E-state index contributed by atoms with van der Waals surface area (Å²) in [6, 6.07) is -0.478. The minimum Gasteiger partial charge on any atom is -0.372 e. The number of halogens is 3. The van der Waals surface area contributed by atoms with Gasteiger partial charge in [0.15, 0.2) is 0 Å². The first-order valence-electron chi connectivity index (χ1n) is 8.94. The number of nitrogens with one attached hydrogen (secondary N) is 2. The van der Waals surface area contributed by atoms with Gasteiger partial charge in [0.25, 0.3) is 0 Å². The average Bonchev–Trinajstić information content (AvgIpc) is 3.30. The van der Waals surface area contributed by atoms with E-state index in [-0.39, 0.29) is 17.7 Å². The molecule has 0 aliphatic carbocycles. The molecule has 1 amide bonds. The fourth-order valence-electron chi connectivity index (χ4n) is 3.08. The van der Waals surface area contributed by atoms with Crippen LogP contribution in [0.4, 0.5) is 30.6 Å². The van der Waals surface area contributed by atoms with E-state index in [2.05, 4.69) is 25.7 Å². The van der Waals surface area contributed by atoms with Crippen molar-refractivity contribution in [2.24, 2.45) is 0 Å². The first-order chi connectivity index (χ1) is 13.2. The van der Waals surface area contributed by atoms with Crippen LogP contribution in [0.5, 0.6) is 0 Å². The van der Waals surface area contributed by atoms with Gasteiger partial charge in [-0.3, -0.25) is 9.48 Å². The molecule has 0 saturated carbocycles. The summed E-state index contributed by atoms with van der Waals surface area (Å²) in [5.41, 5.74) is 0.149. The molecule has 0 radical (unpaired) electrons. The quantitative estimate of drug-likeness (QED) is 0.807. The SMILES string of the molecule is CNc1nc(Nc2cn([C@H](C)C(=O)N3CCCC3)nc2C)ncc1C(F)(F)F. The number of carbonyl (C=O) groups excluding carboxylic acids is 1. The molecular weight excluding hydrogens is 375 g/mol. The molecule has 0 aromatic carbocycles. The predicted molar refractivity (Wildman–Crippen MR) is 97.4 cm³/mol. The van der Waals surface area contributed by atoms with Crippen molar-refractivity contribution in [2.75, 3.05) is 30.8 Å². The minimum absolute atomic E-state index is 0.00137. The van der Waals surface area contributed by atoms with Crippen molar-refractivity contribution < 1.29 is 18.0 Å². The van der Waals surface area contributed by atoms with Crippen LogP contribution in [0.15, 0.2) is 12.4 Å². The van der Waals surface area contributed by atoms with Gasteiger partial charge in [-0.2, -0.15) is 23.3 Å². The van der Waals surface area contributed by atoms with E-state index in [1.807, 2.05) is 4.90 Å². The Labute approximate surface area is 160 Å². The highest BCUT2D eigenvalue weighted by Gasteiger charge is 2.35. The number of aromatic nitrogens is 4. The molecule has 152 valence electrons. The molecule has 3 rings (SSSR count). The molecule has 3 heterocycles. The summed E-state index contributed by atoms with van der Waals surface area (Å²) in [5.74, 6) is -0.332. The Morgan fingerprint density at radius 1 is 1.29 bits per heavy atom. The van der Waals surface area contributed by atoms with E-state index in [0.717, 1.165) is 32.1 Å². The highest BCUT2D eigenvalue weighted by Crippen LogP contribution is 2.34. The van der Waals surface area contributed by atoms with E-state index in [4.69, 9.17) is 0 Å². The van der Waals surface area contributed by atoms with Gasteiger partial charge in [0, 0.05) is 32.5 Å². The summed E-state index contributed by atoms with van der Waals surface area (Å²) < 4.78 is 40.4. The van der Waals surface area contributed by atoms with Gasteiger partial charge in [-0.1, -0.05) is 0 Å². The van der Waals surface area contributed by atoms with Crippen LogP contribution in [0.25, 0.3) is 0 Å². The lowest BCUT2D eigenvalue weighted by atomic mass is 10.3. The van der Waals surface area contributed by atoms with Crippen molar-refractivity contribution in [3.05, 3.63) is 23.7 Å². The fourth-order valence-corrected chi connectivity index (χ4v) is 3.08. The monoisotopic (exact) mass is 397 g/mol. The summed E-state index contributed by atoms with van der Waals surface area (Å²) in [6.45, 7) is 5.00. The smallest absolute Gasteiger partial charge is 0.372 e. The zero-order chi connectivity index (χ0) is 20.5. The van der Waals surface area contributed by atoms with E-state index >= 15 is 0 Å². The second-order valence-corrected chi connectivity index (χ2v) is 6.65. The summed E-state index contributed by atoms with van der Waals surface area (Å²) in [7, 11) is 1.36. The predicted octanol–water partition coefficient (Wildman–Crippen LogP) is 2.97. The average molecular weight is 397 g/mol. The third-order valence-electron chi connectivity index (χ3n) is 4.67. The molecule has 8 nitrogen and oxygen atoms in total. The molecule has 1 saturated heterocycles. The molecular formula is C17H22F3N7O. The standard InChI is InChI=1S/C17H22F3N7O/c1-10-13(9-27(25-10)11(2)15(28)26-6-4-5-7-26)23-16-22-8-12(17(18,19)20)14(21-3)24-16/h8-9,11H,4-7H2,1-3H3,(H2,21,22,23,24)/t11-/m1/s1. The Balaban J connectivity index is 1.79. The van der Waals surface area contributed by atoms with Crippen molar-refractivity contribution >= 4 is 23.4 Å². The molecule has 1 fully saturated rings. The Bertz CT molecular complexity index is 859. The second-order valence-electron chi connectivity index (χ2n) is 6.65. The van der Waals surface area contributed by atoms with Gasteiger partial charge < -0.3 is 15.5 Å². The molecule has 0 unspecified atom stereocenters.